The van der Waals surface area contributed by atoms with Crippen LogP contribution in [0, 0.1) is 11.3 Å². The number of nitrogens with zero attached hydrogens (tertiary/aromatic N) is 2. The molecule has 1 heterocycles. The van der Waals surface area contributed by atoms with Gasteiger partial charge in [0.05, 0.1) is 24.1 Å². The third-order valence-corrected chi connectivity index (χ3v) is 4.13. The number of benzene rings is 2. The van der Waals surface area contributed by atoms with E-state index in [0.29, 0.717) is 23.4 Å². The van der Waals surface area contributed by atoms with Crippen LogP contribution in [0.15, 0.2) is 42.5 Å². The maximum absolute atomic E-state index is 12.5. The van der Waals surface area contributed by atoms with Gasteiger partial charge in [-0.15, -0.1) is 0 Å². The lowest BCUT2D eigenvalue weighted by Gasteiger charge is -2.18. The van der Waals surface area contributed by atoms with E-state index in [9.17, 15) is 14.9 Å². The van der Waals surface area contributed by atoms with Gasteiger partial charge in [0.1, 0.15) is 0 Å². The Morgan fingerprint density at radius 3 is 2.70 bits per heavy atom. The lowest BCUT2D eigenvalue weighted by molar-refractivity contribution is -0.138. The predicted molar refractivity (Wildman–Crippen MR) is 84.2 cm³/mol. The lowest BCUT2D eigenvalue weighted by Crippen LogP contribution is -2.23. The molecule has 1 N–H and O–H groups in total. The molecular formula is C18H14N2O3. The first-order valence-corrected chi connectivity index (χ1v) is 7.19. The SMILES string of the molecule is CC(C(=O)O)c1ccc(N2Cc3ccccc3C2=O)cc1C#N. The van der Waals surface area contributed by atoms with Crippen LogP contribution in [-0.4, -0.2) is 17.0 Å². The number of carboxylic acids is 1. The van der Waals surface area contributed by atoms with Crippen molar-refractivity contribution in [3.8, 4) is 6.07 Å². The first-order valence-electron chi connectivity index (χ1n) is 7.19. The normalized spacial score (nSPS) is 14.3. The van der Waals surface area contributed by atoms with Crippen LogP contribution in [0.25, 0.3) is 0 Å². The molecule has 23 heavy (non-hydrogen) atoms. The monoisotopic (exact) mass is 306 g/mol. The summed E-state index contributed by atoms with van der Waals surface area (Å²) in [6, 6.07) is 14.3. The second-order valence-corrected chi connectivity index (χ2v) is 5.49. The third kappa shape index (κ3) is 2.44. The molecule has 1 unspecified atom stereocenters. The molecular weight excluding hydrogens is 292 g/mol. The van der Waals surface area contributed by atoms with Gasteiger partial charge in [-0.05, 0) is 36.2 Å². The molecule has 114 valence electrons. The largest absolute Gasteiger partial charge is 0.481 e. The molecule has 0 bridgehead atoms. The fourth-order valence-electron chi connectivity index (χ4n) is 2.78. The number of fused-ring (bicyclic) bond motifs is 1. The Morgan fingerprint density at radius 1 is 1.30 bits per heavy atom. The standard InChI is InChI=1S/C18H14N2O3/c1-11(18(22)23)15-7-6-14(8-13(15)9-19)20-10-12-4-2-3-5-16(12)17(20)21/h2-8,11H,10H2,1H3,(H,22,23). The fourth-order valence-corrected chi connectivity index (χ4v) is 2.78. The average molecular weight is 306 g/mol. The highest BCUT2D eigenvalue weighted by Gasteiger charge is 2.28. The van der Waals surface area contributed by atoms with E-state index in [0.717, 1.165) is 5.56 Å². The van der Waals surface area contributed by atoms with Crippen molar-refractivity contribution >= 4 is 17.6 Å². The van der Waals surface area contributed by atoms with Gasteiger partial charge in [-0.25, -0.2) is 0 Å². The van der Waals surface area contributed by atoms with Crippen LogP contribution in [0.3, 0.4) is 0 Å². The van der Waals surface area contributed by atoms with Gasteiger partial charge in [0, 0.05) is 11.3 Å². The number of carboxylic acid groups (broad SMARTS) is 1. The topological polar surface area (TPSA) is 81.4 Å². The van der Waals surface area contributed by atoms with Crippen LogP contribution >= 0.6 is 0 Å². The number of hydrogen-bond donors (Lipinski definition) is 1. The zero-order valence-electron chi connectivity index (χ0n) is 12.5. The van der Waals surface area contributed by atoms with Crippen molar-refractivity contribution in [2.24, 2.45) is 0 Å². The minimum atomic E-state index is -0.987. The van der Waals surface area contributed by atoms with Crippen molar-refractivity contribution in [2.75, 3.05) is 4.90 Å². The number of anilines is 1. The van der Waals surface area contributed by atoms with Gasteiger partial charge in [0.2, 0.25) is 0 Å². The van der Waals surface area contributed by atoms with Crippen molar-refractivity contribution in [1.82, 2.24) is 0 Å². The van der Waals surface area contributed by atoms with Crippen molar-refractivity contribution in [3.05, 3.63) is 64.7 Å². The molecule has 3 rings (SSSR count). The summed E-state index contributed by atoms with van der Waals surface area (Å²) in [6.07, 6.45) is 0. The quantitative estimate of drug-likeness (QED) is 0.945. The van der Waals surface area contributed by atoms with Crippen LogP contribution in [0.1, 0.15) is 39.9 Å². The Kier molecular flexibility index (Phi) is 3.59. The van der Waals surface area contributed by atoms with Gasteiger partial charge < -0.3 is 10.0 Å². The first-order chi connectivity index (χ1) is 11.0. The van der Waals surface area contributed by atoms with E-state index >= 15 is 0 Å². The van der Waals surface area contributed by atoms with Crippen LogP contribution in [-0.2, 0) is 11.3 Å². The van der Waals surface area contributed by atoms with Crippen molar-refractivity contribution in [3.63, 3.8) is 0 Å². The molecule has 0 aliphatic carbocycles. The molecule has 5 heteroatoms. The second-order valence-electron chi connectivity index (χ2n) is 5.49. The Hall–Kier alpha value is -3.13. The molecule has 1 amide bonds. The summed E-state index contributed by atoms with van der Waals surface area (Å²) in [5.74, 6) is -1.87. The van der Waals surface area contributed by atoms with Gasteiger partial charge in [0.25, 0.3) is 5.91 Å². The zero-order valence-corrected chi connectivity index (χ0v) is 12.5. The molecule has 1 aliphatic rings. The Bertz CT molecular complexity index is 852. The van der Waals surface area contributed by atoms with Crippen molar-refractivity contribution in [1.29, 1.82) is 5.26 Å². The van der Waals surface area contributed by atoms with Gasteiger partial charge in [-0.2, -0.15) is 5.26 Å². The second kappa shape index (κ2) is 5.58. The molecule has 2 aromatic rings. The lowest BCUT2D eigenvalue weighted by atomic mass is 9.95. The molecule has 2 aromatic carbocycles. The molecule has 0 aromatic heterocycles. The third-order valence-electron chi connectivity index (χ3n) is 4.13. The van der Waals surface area contributed by atoms with E-state index < -0.39 is 11.9 Å². The van der Waals surface area contributed by atoms with Gasteiger partial charge >= 0.3 is 5.97 Å². The molecule has 1 atom stereocenters. The molecule has 0 fully saturated rings. The Labute approximate surface area is 133 Å². The molecule has 1 aliphatic heterocycles. The number of amides is 1. The van der Waals surface area contributed by atoms with Crippen LogP contribution in [0.5, 0.6) is 0 Å². The van der Waals surface area contributed by atoms with Gasteiger partial charge in [-0.3, -0.25) is 9.59 Å². The summed E-state index contributed by atoms with van der Waals surface area (Å²) >= 11 is 0. The smallest absolute Gasteiger partial charge is 0.310 e. The Balaban J connectivity index is 1.99. The molecule has 0 radical (unpaired) electrons. The summed E-state index contributed by atoms with van der Waals surface area (Å²) in [7, 11) is 0. The van der Waals surface area contributed by atoms with E-state index in [1.807, 2.05) is 24.3 Å². The predicted octanol–water partition coefficient (Wildman–Crippen LogP) is 2.91. The van der Waals surface area contributed by atoms with E-state index in [1.54, 1.807) is 29.2 Å². The van der Waals surface area contributed by atoms with Crippen molar-refractivity contribution in [2.45, 2.75) is 19.4 Å². The summed E-state index contributed by atoms with van der Waals surface area (Å²) < 4.78 is 0. The summed E-state index contributed by atoms with van der Waals surface area (Å²) in [6.45, 7) is 1.99. The Morgan fingerprint density at radius 2 is 2.04 bits per heavy atom. The maximum atomic E-state index is 12.5. The highest BCUT2D eigenvalue weighted by molar-refractivity contribution is 6.10. The summed E-state index contributed by atoms with van der Waals surface area (Å²) in [4.78, 5) is 25.2. The number of hydrogen-bond acceptors (Lipinski definition) is 3. The minimum Gasteiger partial charge on any atom is -0.481 e. The zero-order chi connectivity index (χ0) is 16.6. The average Bonchev–Trinajstić information content (AvgIpc) is 2.91. The van der Waals surface area contributed by atoms with Crippen LogP contribution < -0.4 is 4.90 Å². The highest BCUT2D eigenvalue weighted by Crippen LogP contribution is 2.31. The van der Waals surface area contributed by atoms with Gasteiger partial charge in [0.15, 0.2) is 0 Å². The van der Waals surface area contributed by atoms with Crippen molar-refractivity contribution < 1.29 is 14.7 Å². The van der Waals surface area contributed by atoms with Crippen LogP contribution in [0.2, 0.25) is 0 Å². The number of rotatable bonds is 3. The first kappa shape index (κ1) is 14.8. The molecule has 5 nitrogen and oxygen atoms in total. The highest BCUT2D eigenvalue weighted by atomic mass is 16.4. The number of carbonyl (C=O) groups excluding carboxylic acids is 1. The van der Waals surface area contributed by atoms with E-state index in [2.05, 4.69) is 0 Å². The molecule has 0 saturated carbocycles. The number of nitriles is 1. The van der Waals surface area contributed by atoms with E-state index in [1.165, 1.54) is 6.92 Å². The molecule has 0 spiro atoms. The van der Waals surface area contributed by atoms with E-state index in [-0.39, 0.29) is 11.5 Å². The van der Waals surface area contributed by atoms with Gasteiger partial charge in [-0.1, -0.05) is 24.3 Å². The van der Waals surface area contributed by atoms with E-state index in [4.69, 9.17) is 5.11 Å². The fraction of sp³-hybridized carbons (Fsp3) is 0.167. The number of carbonyl (C=O) groups is 2. The minimum absolute atomic E-state index is 0.108. The summed E-state index contributed by atoms with van der Waals surface area (Å²) in [5, 5.41) is 18.4. The maximum Gasteiger partial charge on any atom is 0.310 e. The molecule has 0 saturated heterocycles. The van der Waals surface area contributed by atoms with Crippen LogP contribution in [0.4, 0.5) is 5.69 Å². The number of aliphatic carboxylic acids is 1. The summed E-state index contributed by atoms with van der Waals surface area (Å²) in [5.41, 5.74) is 2.94.